The Kier molecular flexibility index (Phi) is 9.16. The number of carbonyl (C=O) groups is 1. The number of halogens is 2. The molecule has 0 spiro atoms. The Labute approximate surface area is 219 Å². The van der Waals surface area contributed by atoms with Gasteiger partial charge in [0.1, 0.15) is 5.60 Å². The van der Waals surface area contributed by atoms with Gasteiger partial charge in [-0.3, -0.25) is 0 Å². The van der Waals surface area contributed by atoms with E-state index in [1.165, 1.54) is 5.56 Å². The Hall–Kier alpha value is -1.76. The Morgan fingerprint density at radius 2 is 1.77 bits per heavy atom. The summed E-state index contributed by atoms with van der Waals surface area (Å²) in [5, 5.41) is 4.08. The van der Waals surface area contributed by atoms with Crippen molar-refractivity contribution in [2.45, 2.75) is 77.4 Å². The van der Waals surface area contributed by atoms with Gasteiger partial charge in [0.2, 0.25) is 0 Å². The van der Waals surface area contributed by atoms with Crippen LogP contribution in [0, 0.1) is 0 Å². The maximum atomic E-state index is 12.6. The third kappa shape index (κ3) is 8.12. The molecule has 0 saturated carbocycles. The lowest BCUT2D eigenvalue weighted by molar-refractivity contribution is 0.0491. The number of carbonyl (C=O) groups excluding carboxylic acids is 1. The largest absolute Gasteiger partial charge is 0.444 e. The third-order valence-corrected chi connectivity index (χ3v) is 8.77. The Morgan fingerprint density at radius 3 is 2.43 bits per heavy atom. The molecule has 8 heteroatoms. The summed E-state index contributed by atoms with van der Waals surface area (Å²) in [5.74, 6) is 0.326. The molecule has 1 aliphatic rings. The number of fused-ring (bicyclic) bond motifs is 1. The molecule has 0 aliphatic heterocycles. The lowest BCUT2D eigenvalue weighted by atomic mass is 9.75. The van der Waals surface area contributed by atoms with Crippen molar-refractivity contribution in [1.29, 1.82) is 0 Å². The zero-order valence-corrected chi connectivity index (χ0v) is 23.2. The number of nitrogens with one attached hydrogen (secondary N) is 1. The van der Waals surface area contributed by atoms with Crippen LogP contribution in [0.3, 0.4) is 0 Å². The first-order valence-corrected chi connectivity index (χ1v) is 14.7. The molecule has 1 N–H and O–H groups in total. The van der Waals surface area contributed by atoms with Crippen molar-refractivity contribution in [1.82, 2.24) is 5.32 Å². The van der Waals surface area contributed by atoms with E-state index in [4.69, 9.17) is 27.9 Å². The normalized spacial score (nSPS) is 18.1. The minimum absolute atomic E-state index is 0.0179. The quantitative estimate of drug-likeness (QED) is 0.414. The number of amides is 1. The molecule has 0 aromatic heterocycles. The first-order chi connectivity index (χ1) is 16.4. The van der Waals surface area contributed by atoms with E-state index in [0.717, 1.165) is 29.5 Å². The van der Waals surface area contributed by atoms with Crippen LogP contribution >= 0.6 is 23.2 Å². The van der Waals surface area contributed by atoms with E-state index in [2.05, 4.69) is 17.4 Å². The van der Waals surface area contributed by atoms with Gasteiger partial charge in [0, 0.05) is 17.7 Å². The second-order valence-electron chi connectivity index (χ2n) is 10.3. The van der Waals surface area contributed by atoms with Crippen LogP contribution in [0.4, 0.5) is 4.79 Å². The summed E-state index contributed by atoms with van der Waals surface area (Å²) < 4.78 is 30.0. The van der Waals surface area contributed by atoms with Crippen LogP contribution in [0.2, 0.25) is 10.0 Å². The molecular weight excluding hydrogens is 505 g/mol. The number of sulfone groups is 1. The maximum Gasteiger partial charge on any atom is 0.407 e. The van der Waals surface area contributed by atoms with Gasteiger partial charge < -0.3 is 10.1 Å². The minimum atomic E-state index is -3.07. The Bertz CT molecular complexity index is 1160. The fourth-order valence-electron chi connectivity index (χ4n) is 4.59. The highest BCUT2D eigenvalue weighted by atomic mass is 35.5. The highest BCUT2D eigenvalue weighted by molar-refractivity contribution is 7.91. The summed E-state index contributed by atoms with van der Waals surface area (Å²) in [6.07, 6.45) is 2.91. The van der Waals surface area contributed by atoms with Crippen molar-refractivity contribution in [3.8, 4) is 0 Å². The summed E-state index contributed by atoms with van der Waals surface area (Å²) >= 11 is 12.4. The van der Waals surface area contributed by atoms with E-state index in [1.54, 1.807) is 6.07 Å². The van der Waals surface area contributed by atoms with Crippen LogP contribution in [-0.4, -0.2) is 37.7 Å². The zero-order valence-electron chi connectivity index (χ0n) is 20.9. The monoisotopic (exact) mass is 539 g/mol. The van der Waals surface area contributed by atoms with Crippen LogP contribution in [0.25, 0.3) is 0 Å². The SMILES string of the molecule is CCCS(=O)(=O)CCc1ccc2c(c1)C(Cc1ccc(Cl)c(Cl)c1)C(NC(=O)OC(C)(C)C)CC2. The number of benzene rings is 2. The smallest absolute Gasteiger partial charge is 0.407 e. The summed E-state index contributed by atoms with van der Waals surface area (Å²) in [6.45, 7) is 7.40. The van der Waals surface area contributed by atoms with Crippen LogP contribution in [0.15, 0.2) is 36.4 Å². The number of aryl methyl sites for hydroxylation is 2. The van der Waals surface area contributed by atoms with Crippen LogP contribution in [0.1, 0.15) is 68.7 Å². The fraction of sp³-hybridized carbons (Fsp3) is 0.519. The predicted molar refractivity (Wildman–Crippen MR) is 143 cm³/mol. The molecule has 0 radical (unpaired) electrons. The number of hydrogen-bond donors (Lipinski definition) is 1. The molecule has 0 heterocycles. The molecule has 3 rings (SSSR count). The van der Waals surface area contributed by atoms with E-state index in [0.29, 0.717) is 29.3 Å². The predicted octanol–water partition coefficient (Wildman–Crippen LogP) is 6.53. The van der Waals surface area contributed by atoms with Crippen LogP contribution < -0.4 is 5.32 Å². The van der Waals surface area contributed by atoms with Gasteiger partial charge in [-0.25, -0.2) is 13.2 Å². The first kappa shape index (κ1) is 27.8. The lowest BCUT2D eigenvalue weighted by Gasteiger charge is -2.35. The van der Waals surface area contributed by atoms with E-state index >= 15 is 0 Å². The molecule has 0 fully saturated rings. The van der Waals surface area contributed by atoms with Gasteiger partial charge in [0.05, 0.1) is 15.8 Å². The molecule has 5 nitrogen and oxygen atoms in total. The number of hydrogen-bond acceptors (Lipinski definition) is 4. The molecule has 2 unspecified atom stereocenters. The molecule has 35 heavy (non-hydrogen) atoms. The summed E-state index contributed by atoms with van der Waals surface area (Å²) in [5.41, 5.74) is 3.77. The maximum absolute atomic E-state index is 12.6. The van der Waals surface area contributed by atoms with E-state index in [1.807, 2.05) is 45.9 Å². The van der Waals surface area contributed by atoms with Crippen molar-refractivity contribution in [2.75, 3.05) is 11.5 Å². The number of ether oxygens (including phenoxy) is 1. The van der Waals surface area contributed by atoms with Crippen molar-refractivity contribution in [3.63, 3.8) is 0 Å². The molecule has 0 saturated heterocycles. The van der Waals surface area contributed by atoms with Crippen molar-refractivity contribution < 1.29 is 17.9 Å². The minimum Gasteiger partial charge on any atom is -0.444 e. The van der Waals surface area contributed by atoms with E-state index in [-0.39, 0.29) is 23.5 Å². The van der Waals surface area contributed by atoms with Gasteiger partial charge in [-0.15, -0.1) is 0 Å². The van der Waals surface area contributed by atoms with Crippen LogP contribution in [-0.2, 0) is 33.8 Å². The fourth-order valence-corrected chi connectivity index (χ4v) is 6.29. The first-order valence-electron chi connectivity index (χ1n) is 12.1. The van der Waals surface area contributed by atoms with Gasteiger partial charge in [-0.05, 0) is 87.3 Å². The molecule has 1 amide bonds. The second-order valence-corrected chi connectivity index (χ2v) is 13.4. The number of rotatable bonds is 8. The molecule has 1 aliphatic carbocycles. The molecule has 2 aromatic rings. The topological polar surface area (TPSA) is 72.5 Å². The molecule has 2 aromatic carbocycles. The van der Waals surface area contributed by atoms with Gasteiger partial charge in [0.15, 0.2) is 9.84 Å². The van der Waals surface area contributed by atoms with Crippen molar-refractivity contribution in [2.24, 2.45) is 0 Å². The zero-order chi connectivity index (χ0) is 25.8. The Morgan fingerprint density at radius 1 is 1.06 bits per heavy atom. The molecular formula is C27H35Cl2NO4S. The standard InChI is InChI=1S/C27H35Cl2NO4S/c1-5-13-35(32,33)14-12-18-6-8-20-9-11-25(30-26(31)34-27(2,3)4)22(21(20)15-18)16-19-7-10-23(28)24(29)17-19/h6-8,10,15,17,22,25H,5,9,11-14,16H2,1-4H3,(H,30,31). The van der Waals surface area contributed by atoms with Gasteiger partial charge in [-0.1, -0.05) is 54.4 Å². The highest BCUT2D eigenvalue weighted by Gasteiger charge is 2.32. The number of alkyl carbamates (subject to hydrolysis) is 1. The summed E-state index contributed by atoms with van der Waals surface area (Å²) in [7, 11) is -3.07. The third-order valence-electron chi connectivity index (χ3n) is 6.18. The van der Waals surface area contributed by atoms with E-state index < -0.39 is 21.5 Å². The van der Waals surface area contributed by atoms with Gasteiger partial charge in [-0.2, -0.15) is 0 Å². The molecule has 0 bridgehead atoms. The molecule has 192 valence electrons. The average Bonchev–Trinajstić information content (AvgIpc) is 2.75. The van der Waals surface area contributed by atoms with Crippen molar-refractivity contribution >= 4 is 39.1 Å². The average molecular weight is 541 g/mol. The summed E-state index contributed by atoms with van der Waals surface area (Å²) in [4.78, 5) is 12.6. The molecule has 2 atom stereocenters. The highest BCUT2D eigenvalue weighted by Crippen LogP contribution is 2.36. The van der Waals surface area contributed by atoms with E-state index in [9.17, 15) is 13.2 Å². The Balaban J connectivity index is 1.91. The lowest BCUT2D eigenvalue weighted by Crippen LogP contribution is -2.44. The van der Waals surface area contributed by atoms with Crippen molar-refractivity contribution in [3.05, 3.63) is 68.7 Å². The van der Waals surface area contributed by atoms with Gasteiger partial charge in [0.25, 0.3) is 0 Å². The van der Waals surface area contributed by atoms with Crippen LogP contribution in [0.5, 0.6) is 0 Å². The second kappa shape index (κ2) is 11.5. The van der Waals surface area contributed by atoms with Gasteiger partial charge >= 0.3 is 6.09 Å². The summed E-state index contributed by atoms with van der Waals surface area (Å²) in [6, 6.07) is 11.7.